The normalized spacial score (nSPS) is 23.0. The third-order valence-corrected chi connectivity index (χ3v) is 5.67. The van der Waals surface area contributed by atoms with Crippen LogP contribution in [0.5, 0.6) is 0 Å². The maximum Gasteiger partial charge on any atom is 0.250 e. The van der Waals surface area contributed by atoms with Gasteiger partial charge in [0.15, 0.2) is 0 Å². The summed E-state index contributed by atoms with van der Waals surface area (Å²) in [5.41, 5.74) is -0.572. The Hall–Kier alpha value is -1.89. The van der Waals surface area contributed by atoms with Crippen molar-refractivity contribution in [3.8, 4) is 0 Å². The number of aromatic nitrogens is 2. The summed E-state index contributed by atoms with van der Waals surface area (Å²) in [5, 5.41) is 10.8. The molecule has 1 unspecified atom stereocenters. The largest absolute Gasteiger partial charge is 0.356 e. The van der Waals surface area contributed by atoms with Gasteiger partial charge in [0.1, 0.15) is 5.54 Å². The molecule has 2 fully saturated rings. The SMILES string of the molecule is CC(C)C(=O)NCC1CCCN(C(=O)C2(n3cccn3)CCNCC2)C1. The molecule has 2 aliphatic heterocycles. The van der Waals surface area contributed by atoms with Crippen LogP contribution in [-0.2, 0) is 15.1 Å². The van der Waals surface area contributed by atoms with Gasteiger partial charge in [-0.15, -0.1) is 0 Å². The van der Waals surface area contributed by atoms with Crippen LogP contribution in [0.1, 0.15) is 39.5 Å². The summed E-state index contributed by atoms with van der Waals surface area (Å²) in [7, 11) is 0. The van der Waals surface area contributed by atoms with Crippen molar-refractivity contribution in [3.05, 3.63) is 18.5 Å². The van der Waals surface area contributed by atoms with E-state index in [0.717, 1.165) is 45.3 Å². The maximum absolute atomic E-state index is 13.5. The molecule has 7 nitrogen and oxygen atoms in total. The van der Waals surface area contributed by atoms with E-state index in [-0.39, 0.29) is 17.7 Å². The third kappa shape index (κ3) is 3.92. The number of rotatable bonds is 5. The van der Waals surface area contributed by atoms with Crippen molar-refractivity contribution in [1.82, 2.24) is 25.3 Å². The molecule has 0 saturated carbocycles. The van der Waals surface area contributed by atoms with Crippen molar-refractivity contribution < 1.29 is 9.59 Å². The van der Waals surface area contributed by atoms with Gasteiger partial charge in [-0.2, -0.15) is 5.10 Å². The lowest BCUT2D eigenvalue weighted by Gasteiger charge is -2.42. The molecule has 3 rings (SSSR count). The number of hydrogen-bond donors (Lipinski definition) is 2. The number of nitrogens with zero attached hydrogens (tertiary/aromatic N) is 3. The van der Waals surface area contributed by atoms with Crippen LogP contribution in [0.15, 0.2) is 18.5 Å². The molecular formula is C19H31N5O2. The van der Waals surface area contributed by atoms with Gasteiger partial charge >= 0.3 is 0 Å². The van der Waals surface area contributed by atoms with Crippen molar-refractivity contribution in [2.75, 3.05) is 32.7 Å². The van der Waals surface area contributed by atoms with Gasteiger partial charge in [0.05, 0.1) is 0 Å². The summed E-state index contributed by atoms with van der Waals surface area (Å²) in [6, 6.07) is 1.89. The number of hydrogen-bond acceptors (Lipinski definition) is 4. The van der Waals surface area contributed by atoms with E-state index in [9.17, 15) is 9.59 Å². The average Bonchev–Trinajstić information content (AvgIpc) is 3.21. The van der Waals surface area contributed by atoms with Gasteiger partial charge in [0.25, 0.3) is 5.91 Å². The molecule has 1 aromatic heterocycles. The standard InChI is InChI=1S/C19H31N5O2/c1-15(2)17(25)21-13-16-5-3-11-23(14-16)18(26)19(6-9-20-10-7-19)24-12-4-8-22-24/h4,8,12,15-16,20H,3,5-7,9-11,13-14H2,1-2H3,(H,21,25). The number of likely N-dealkylation sites (tertiary alicyclic amines) is 1. The van der Waals surface area contributed by atoms with Crippen molar-refractivity contribution in [3.63, 3.8) is 0 Å². The Morgan fingerprint density at radius 1 is 1.35 bits per heavy atom. The van der Waals surface area contributed by atoms with Crippen LogP contribution in [0.4, 0.5) is 0 Å². The zero-order chi connectivity index (χ0) is 18.6. The molecular weight excluding hydrogens is 330 g/mol. The third-order valence-electron chi connectivity index (χ3n) is 5.67. The molecule has 144 valence electrons. The number of nitrogens with one attached hydrogen (secondary N) is 2. The zero-order valence-electron chi connectivity index (χ0n) is 15.9. The van der Waals surface area contributed by atoms with E-state index in [2.05, 4.69) is 15.7 Å². The van der Waals surface area contributed by atoms with Crippen LogP contribution >= 0.6 is 0 Å². The highest BCUT2D eigenvalue weighted by molar-refractivity contribution is 5.85. The molecule has 2 aliphatic rings. The van der Waals surface area contributed by atoms with Crippen LogP contribution in [0.3, 0.4) is 0 Å². The Balaban J connectivity index is 1.68. The topological polar surface area (TPSA) is 79.3 Å². The number of amides is 2. The number of carbonyl (C=O) groups is 2. The van der Waals surface area contributed by atoms with Gasteiger partial charge < -0.3 is 15.5 Å². The Labute approximate surface area is 155 Å². The molecule has 0 bridgehead atoms. The lowest BCUT2D eigenvalue weighted by atomic mass is 9.85. The van der Waals surface area contributed by atoms with Crippen molar-refractivity contribution in [2.24, 2.45) is 11.8 Å². The first kappa shape index (κ1) is 18.9. The van der Waals surface area contributed by atoms with Crippen LogP contribution in [0, 0.1) is 11.8 Å². The summed E-state index contributed by atoms with van der Waals surface area (Å²) in [4.78, 5) is 27.4. The zero-order valence-corrected chi connectivity index (χ0v) is 15.9. The number of piperidine rings is 2. The van der Waals surface area contributed by atoms with Crippen LogP contribution in [-0.4, -0.2) is 59.2 Å². The van der Waals surface area contributed by atoms with E-state index in [1.165, 1.54) is 0 Å². The molecule has 2 saturated heterocycles. The molecule has 0 radical (unpaired) electrons. The Bertz CT molecular complexity index is 607. The fourth-order valence-electron chi connectivity index (χ4n) is 4.06. The van der Waals surface area contributed by atoms with Gasteiger partial charge in [-0.25, -0.2) is 0 Å². The molecule has 3 heterocycles. The van der Waals surface area contributed by atoms with Crippen molar-refractivity contribution >= 4 is 11.8 Å². The molecule has 0 spiro atoms. The second-order valence-electron chi connectivity index (χ2n) is 7.89. The molecule has 0 aromatic carbocycles. The van der Waals surface area contributed by atoms with Gasteiger partial charge in [-0.3, -0.25) is 14.3 Å². The molecule has 0 aliphatic carbocycles. The lowest BCUT2D eigenvalue weighted by Crippen LogP contribution is -2.57. The summed E-state index contributed by atoms with van der Waals surface area (Å²) in [5.74, 6) is 0.586. The first-order valence-electron chi connectivity index (χ1n) is 9.81. The monoisotopic (exact) mass is 361 g/mol. The maximum atomic E-state index is 13.5. The minimum absolute atomic E-state index is 0.00542. The van der Waals surface area contributed by atoms with E-state index in [4.69, 9.17) is 0 Å². The number of carbonyl (C=O) groups excluding carboxylic acids is 2. The smallest absolute Gasteiger partial charge is 0.250 e. The van der Waals surface area contributed by atoms with E-state index in [0.29, 0.717) is 19.0 Å². The van der Waals surface area contributed by atoms with E-state index < -0.39 is 5.54 Å². The van der Waals surface area contributed by atoms with Crippen LogP contribution in [0.2, 0.25) is 0 Å². The van der Waals surface area contributed by atoms with E-state index in [1.807, 2.05) is 35.7 Å². The van der Waals surface area contributed by atoms with Gasteiger partial charge in [0, 0.05) is 37.9 Å². The second kappa shape index (κ2) is 8.20. The summed E-state index contributed by atoms with van der Waals surface area (Å²) in [6.07, 6.45) is 7.22. The lowest BCUT2D eigenvalue weighted by molar-refractivity contribution is -0.145. The fraction of sp³-hybridized carbons (Fsp3) is 0.737. The Kier molecular flexibility index (Phi) is 5.96. The highest BCUT2D eigenvalue weighted by atomic mass is 16.2. The van der Waals surface area contributed by atoms with Crippen molar-refractivity contribution in [2.45, 2.75) is 45.1 Å². The van der Waals surface area contributed by atoms with E-state index in [1.54, 1.807) is 6.20 Å². The minimum atomic E-state index is -0.572. The summed E-state index contributed by atoms with van der Waals surface area (Å²) in [6.45, 7) is 7.61. The molecule has 2 N–H and O–H groups in total. The molecule has 1 aromatic rings. The predicted molar refractivity (Wildman–Crippen MR) is 99.5 cm³/mol. The molecule has 2 amide bonds. The van der Waals surface area contributed by atoms with Crippen LogP contribution < -0.4 is 10.6 Å². The van der Waals surface area contributed by atoms with Gasteiger partial charge in [0.2, 0.25) is 5.91 Å². The van der Waals surface area contributed by atoms with Gasteiger partial charge in [-0.1, -0.05) is 13.8 Å². The molecule has 7 heteroatoms. The van der Waals surface area contributed by atoms with E-state index >= 15 is 0 Å². The summed E-state index contributed by atoms with van der Waals surface area (Å²) >= 11 is 0. The highest BCUT2D eigenvalue weighted by Crippen LogP contribution is 2.31. The molecule has 1 atom stereocenters. The minimum Gasteiger partial charge on any atom is -0.356 e. The fourth-order valence-corrected chi connectivity index (χ4v) is 4.06. The first-order chi connectivity index (χ1) is 12.5. The quantitative estimate of drug-likeness (QED) is 0.819. The second-order valence-corrected chi connectivity index (χ2v) is 7.89. The van der Waals surface area contributed by atoms with Gasteiger partial charge in [-0.05, 0) is 50.8 Å². The molecule has 26 heavy (non-hydrogen) atoms. The Morgan fingerprint density at radius 3 is 2.77 bits per heavy atom. The summed E-state index contributed by atoms with van der Waals surface area (Å²) < 4.78 is 1.86. The predicted octanol–water partition coefficient (Wildman–Crippen LogP) is 0.973. The van der Waals surface area contributed by atoms with Crippen LogP contribution in [0.25, 0.3) is 0 Å². The first-order valence-corrected chi connectivity index (χ1v) is 9.81. The average molecular weight is 361 g/mol. The highest BCUT2D eigenvalue weighted by Gasteiger charge is 2.45. The Morgan fingerprint density at radius 2 is 2.12 bits per heavy atom. The van der Waals surface area contributed by atoms with Crippen molar-refractivity contribution in [1.29, 1.82) is 0 Å².